The minimum absolute atomic E-state index is 0.0424. The fourth-order valence-corrected chi connectivity index (χ4v) is 5.40. The van der Waals surface area contributed by atoms with Gasteiger partial charge < -0.3 is 9.84 Å². The highest BCUT2D eigenvalue weighted by Crippen LogP contribution is 2.58. The summed E-state index contributed by atoms with van der Waals surface area (Å²) in [5.41, 5.74) is 3.51. The van der Waals surface area contributed by atoms with Gasteiger partial charge in [-0.05, 0) is 35.6 Å². The first-order valence-corrected chi connectivity index (χ1v) is 9.13. The summed E-state index contributed by atoms with van der Waals surface area (Å²) in [6.07, 6.45) is 2.07. The number of phenols is 1. The minimum atomic E-state index is 0.0424. The number of thioether (sulfide) groups is 1. The average molecular weight is 326 g/mol. The first kappa shape index (κ1) is 15.1. The van der Waals surface area contributed by atoms with Gasteiger partial charge in [0.05, 0.1) is 6.10 Å². The van der Waals surface area contributed by atoms with Crippen molar-refractivity contribution in [2.75, 3.05) is 0 Å². The van der Waals surface area contributed by atoms with Gasteiger partial charge >= 0.3 is 0 Å². The summed E-state index contributed by atoms with van der Waals surface area (Å²) in [5.74, 6) is 0.888. The van der Waals surface area contributed by atoms with E-state index in [9.17, 15) is 5.11 Å². The molecule has 120 valence electrons. The Labute approximate surface area is 141 Å². The lowest BCUT2D eigenvalue weighted by Crippen LogP contribution is -2.42. The highest BCUT2D eigenvalue weighted by Gasteiger charge is 2.47. The molecule has 1 saturated heterocycles. The van der Waals surface area contributed by atoms with E-state index in [1.807, 2.05) is 23.9 Å². The highest BCUT2D eigenvalue weighted by atomic mass is 32.2. The Morgan fingerprint density at radius 3 is 2.65 bits per heavy atom. The van der Waals surface area contributed by atoms with Crippen LogP contribution in [0.2, 0.25) is 0 Å². The van der Waals surface area contributed by atoms with Crippen LogP contribution < -0.4 is 0 Å². The molecule has 2 aromatic carbocycles. The van der Waals surface area contributed by atoms with Gasteiger partial charge in [-0.15, -0.1) is 11.8 Å². The summed E-state index contributed by atoms with van der Waals surface area (Å²) in [6, 6.07) is 16.3. The topological polar surface area (TPSA) is 29.5 Å². The van der Waals surface area contributed by atoms with Gasteiger partial charge in [-0.25, -0.2) is 0 Å². The van der Waals surface area contributed by atoms with Crippen LogP contribution in [-0.4, -0.2) is 9.85 Å². The van der Waals surface area contributed by atoms with Crippen molar-refractivity contribution < 1.29 is 9.84 Å². The molecule has 4 rings (SSSR count). The summed E-state index contributed by atoms with van der Waals surface area (Å²) >= 11 is 1.92. The quantitative estimate of drug-likeness (QED) is 0.777. The number of hydrogen-bond acceptors (Lipinski definition) is 3. The summed E-state index contributed by atoms with van der Waals surface area (Å²) < 4.78 is 6.69. The molecule has 2 nitrogen and oxygen atoms in total. The Morgan fingerprint density at radius 2 is 1.87 bits per heavy atom. The van der Waals surface area contributed by atoms with E-state index < -0.39 is 0 Å². The standard InChI is InChI=1S/C20H22O2S/c1-20(2)16-12-11-14-15(9-6-10-17(14)21)18(16)22-19(23-20)13-7-4-3-5-8-13/h3-10,16,18-19,21H,11-12H2,1-2H3/t16-,18+,19+/m0/s1. The predicted octanol–water partition coefficient (Wildman–Crippen LogP) is 5.24. The second-order valence-electron chi connectivity index (χ2n) is 7.01. The van der Waals surface area contributed by atoms with Crippen LogP contribution in [0.3, 0.4) is 0 Å². The number of benzene rings is 2. The molecule has 1 aliphatic heterocycles. The second-order valence-corrected chi connectivity index (χ2v) is 8.73. The molecule has 3 heteroatoms. The molecule has 1 heterocycles. The van der Waals surface area contributed by atoms with E-state index in [0.717, 1.165) is 18.4 Å². The average Bonchev–Trinajstić information content (AvgIpc) is 2.55. The zero-order chi connectivity index (χ0) is 16.0. The molecule has 1 fully saturated rings. The summed E-state index contributed by atoms with van der Waals surface area (Å²) in [7, 11) is 0. The Hall–Kier alpha value is -1.45. The predicted molar refractivity (Wildman–Crippen MR) is 94.6 cm³/mol. The van der Waals surface area contributed by atoms with Gasteiger partial charge in [0.15, 0.2) is 0 Å². The largest absolute Gasteiger partial charge is 0.508 e. The van der Waals surface area contributed by atoms with Crippen LogP contribution in [0, 0.1) is 5.92 Å². The molecule has 2 aliphatic rings. The third kappa shape index (κ3) is 2.56. The number of aromatic hydroxyl groups is 1. The Morgan fingerprint density at radius 1 is 1.09 bits per heavy atom. The molecular formula is C20H22O2S. The van der Waals surface area contributed by atoms with Crippen LogP contribution in [0.5, 0.6) is 5.75 Å². The van der Waals surface area contributed by atoms with Crippen molar-refractivity contribution in [3.63, 3.8) is 0 Å². The van der Waals surface area contributed by atoms with Gasteiger partial charge in [0, 0.05) is 10.7 Å². The van der Waals surface area contributed by atoms with E-state index in [1.165, 1.54) is 11.1 Å². The van der Waals surface area contributed by atoms with Crippen molar-refractivity contribution in [2.45, 2.75) is 43.0 Å². The number of ether oxygens (including phenoxy) is 1. The molecule has 0 bridgehead atoms. The SMILES string of the molecule is CC1(C)S[C@H](c2ccccc2)O[C@@H]2c3cccc(O)c3CC[C@@H]21. The lowest BCUT2D eigenvalue weighted by molar-refractivity contribution is -0.0378. The van der Waals surface area contributed by atoms with Crippen molar-refractivity contribution in [2.24, 2.45) is 5.92 Å². The minimum Gasteiger partial charge on any atom is -0.508 e. The highest BCUT2D eigenvalue weighted by molar-refractivity contribution is 8.00. The molecule has 2 aromatic rings. The van der Waals surface area contributed by atoms with E-state index >= 15 is 0 Å². The number of hydrogen-bond donors (Lipinski definition) is 1. The van der Waals surface area contributed by atoms with Gasteiger partial charge in [-0.2, -0.15) is 0 Å². The van der Waals surface area contributed by atoms with Gasteiger partial charge in [0.25, 0.3) is 0 Å². The molecule has 0 spiro atoms. The Bertz CT molecular complexity index is 711. The van der Waals surface area contributed by atoms with Gasteiger partial charge in [-0.1, -0.05) is 56.3 Å². The van der Waals surface area contributed by atoms with Crippen LogP contribution in [0.4, 0.5) is 0 Å². The summed E-state index contributed by atoms with van der Waals surface area (Å²) in [5, 5.41) is 10.2. The number of phenolic OH excluding ortho intramolecular Hbond substituents is 1. The Kier molecular flexibility index (Phi) is 3.66. The molecule has 0 saturated carbocycles. The first-order chi connectivity index (χ1) is 11.1. The maximum atomic E-state index is 10.2. The van der Waals surface area contributed by atoms with E-state index in [0.29, 0.717) is 11.7 Å². The molecule has 0 aromatic heterocycles. The third-order valence-electron chi connectivity index (χ3n) is 5.21. The molecular weight excluding hydrogens is 304 g/mol. The molecule has 0 unspecified atom stereocenters. The van der Waals surface area contributed by atoms with Crippen LogP contribution in [0.15, 0.2) is 48.5 Å². The Balaban J connectivity index is 1.75. The zero-order valence-corrected chi connectivity index (χ0v) is 14.3. The van der Waals surface area contributed by atoms with Crippen molar-refractivity contribution in [1.82, 2.24) is 0 Å². The molecule has 0 radical (unpaired) electrons. The van der Waals surface area contributed by atoms with Gasteiger partial charge in [0.2, 0.25) is 0 Å². The third-order valence-corrected chi connectivity index (χ3v) is 6.72. The maximum absolute atomic E-state index is 10.2. The van der Waals surface area contributed by atoms with Crippen molar-refractivity contribution in [3.05, 3.63) is 65.2 Å². The summed E-state index contributed by atoms with van der Waals surface area (Å²) in [6.45, 7) is 4.67. The van der Waals surface area contributed by atoms with Crippen molar-refractivity contribution in [3.8, 4) is 5.75 Å². The lowest BCUT2D eigenvalue weighted by atomic mass is 9.75. The van der Waals surface area contributed by atoms with Crippen LogP contribution in [0.25, 0.3) is 0 Å². The molecule has 23 heavy (non-hydrogen) atoms. The van der Waals surface area contributed by atoms with E-state index in [1.54, 1.807) is 6.07 Å². The normalized spacial score (nSPS) is 28.7. The second kappa shape index (κ2) is 5.57. The molecule has 0 amide bonds. The monoisotopic (exact) mass is 326 g/mol. The number of fused-ring (bicyclic) bond motifs is 3. The van der Waals surface area contributed by atoms with Gasteiger partial charge in [-0.3, -0.25) is 0 Å². The molecule has 1 aliphatic carbocycles. The van der Waals surface area contributed by atoms with E-state index in [2.05, 4.69) is 44.2 Å². The van der Waals surface area contributed by atoms with Gasteiger partial charge in [0.1, 0.15) is 11.2 Å². The fraction of sp³-hybridized carbons (Fsp3) is 0.400. The van der Waals surface area contributed by atoms with E-state index in [-0.39, 0.29) is 16.3 Å². The summed E-state index contributed by atoms with van der Waals surface area (Å²) in [4.78, 5) is 0. The lowest BCUT2D eigenvalue weighted by Gasteiger charge is -2.49. The smallest absolute Gasteiger partial charge is 0.129 e. The fourth-order valence-electron chi connectivity index (χ4n) is 3.96. The van der Waals surface area contributed by atoms with Crippen molar-refractivity contribution >= 4 is 11.8 Å². The zero-order valence-electron chi connectivity index (χ0n) is 13.5. The van der Waals surface area contributed by atoms with Crippen LogP contribution in [0.1, 0.15) is 48.5 Å². The van der Waals surface area contributed by atoms with Crippen LogP contribution >= 0.6 is 11.8 Å². The molecule has 3 atom stereocenters. The molecule has 1 N–H and O–H groups in total. The number of rotatable bonds is 1. The first-order valence-electron chi connectivity index (χ1n) is 8.25. The van der Waals surface area contributed by atoms with Crippen LogP contribution in [-0.2, 0) is 11.2 Å². The maximum Gasteiger partial charge on any atom is 0.129 e. The van der Waals surface area contributed by atoms with E-state index in [4.69, 9.17) is 4.74 Å². The van der Waals surface area contributed by atoms with Crippen molar-refractivity contribution in [1.29, 1.82) is 0 Å².